The third-order valence-electron chi connectivity index (χ3n) is 8.95. The second-order valence-corrected chi connectivity index (χ2v) is 11.5. The van der Waals surface area contributed by atoms with Crippen LogP contribution >= 0.6 is 0 Å². The Labute approximate surface area is 257 Å². The van der Waals surface area contributed by atoms with Crippen LogP contribution in [0.5, 0.6) is 0 Å². The van der Waals surface area contributed by atoms with Gasteiger partial charge in [-0.15, -0.1) is 0 Å². The predicted octanol–water partition coefficient (Wildman–Crippen LogP) is 11.2. The number of aromatic nitrogens is 2. The van der Waals surface area contributed by atoms with Crippen molar-refractivity contribution in [1.82, 2.24) is 9.97 Å². The van der Waals surface area contributed by atoms with Gasteiger partial charge >= 0.3 is 0 Å². The smallest absolute Gasteiger partial charge is 0.0974 e. The fourth-order valence-corrected chi connectivity index (χ4v) is 6.75. The molecule has 44 heavy (non-hydrogen) atoms. The van der Waals surface area contributed by atoms with Crippen LogP contribution in [-0.2, 0) is 12.8 Å². The third kappa shape index (κ3) is 4.26. The summed E-state index contributed by atoms with van der Waals surface area (Å²) in [5.74, 6) is 0. The zero-order chi connectivity index (χ0) is 29.6. The highest BCUT2D eigenvalue weighted by molar-refractivity contribution is 6.21. The van der Waals surface area contributed by atoms with Crippen molar-refractivity contribution < 1.29 is 0 Å². The molecule has 0 N–H and O–H groups in total. The van der Waals surface area contributed by atoms with Crippen LogP contribution in [0.2, 0.25) is 0 Å². The van der Waals surface area contributed by atoms with Gasteiger partial charge in [0.15, 0.2) is 0 Å². The lowest BCUT2D eigenvalue weighted by atomic mass is 9.85. The van der Waals surface area contributed by atoms with Crippen molar-refractivity contribution in [3.8, 4) is 33.4 Å². The highest BCUT2D eigenvalue weighted by atomic mass is 14.8. The highest BCUT2D eigenvalue weighted by Crippen LogP contribution is 2.44. The Morgan fingerprint density at radius 3 is 1.50 bits per heavy atom. The second kappa shape index (κ2) is 10.7. The SMILES string of the molecule is CCc1ccc2ccc3c(-c4ccc(-c5c6ccccc6c(-c6ccccc6)c6ccccc56)cc4)cc(CC)nc3c2n1. The molecule has 0 amide bonds. The summed E-state index contributed by atoms with van der Waals surface area (Å²) >= 11 is 0. The minimum absolute atomic E-state index is 0.872. The average molecular weight is 565 g/mol. The summed E-state index contributed by atoms with van der Waals surface area (Å²) < 4.78 is 0. The minimum Gasteiger partial charge on any atom is -0.251 e. The molecule has 8 rings (SSSR count). The number of hydrogen-bond donors (Lipinski definition) is 0. The van der Waals surface area contributed by atoms with Crippen LogP contribution in [0.1, 0.15) is 25.2 Å². The van der Waals surface area contributed by atoms with Crippen molar-refractivity contribution in [1.29, 1.82) is 0 Å². The van der Waals surface area contributed by atoms with Crippen LogP contribution in [-0.4, -0.2) is 9.97 Å². The molecule has 0 spiro atoms. The fourth-order valence-electron chi connectivity index (χ4n) is 6.75. The standard InChI is InChI=1S/C42H32N2/c1-3-31-24-22-30-23-25-37-38(26-32(4-2)44-42(37)41(30)43-31)27-18-20-29(21-19-27)40-35-16-10-8-14-33(35)39(28-12-6-5-7-13-28)34-15-9-11-17-36(34)40/h5-26H,3-4H2,1-2H3. The Bertz CT molecular complexity index is 2280. The Kier molecular flexibility index (Phi) is 6.42. The van der Waals surface area contributed by atoms with Crippen molar-refractivity contribution >= 4 is 43.4 Å². The first-order valence-corrected chi connectivity index (χ1v) is 15.6. The van der Waals surface area contributed by atoms with Crippen molar-refractivity contribution in [2.24, 2.45) is 0 Å². The topological polar surface area (TPSA) is 25.8 Å². The summed E-state index contributed by atoms with van der Waals surface area (Å²) in [6.45, 7) is 4.32. The van der Waals surface area contributed by atoms with Crippen LogP contribution in [0.4, 0.5) is 0 Å². The predicted molar refractivity (Wildman–Crippen MR) is 187 cm³/mol. The Balaban J connectivity index is 1.34. The maximum Gasteiger partial charge on any atom is 0.0974 e. The lowest BCUT2D eigenvalue weighted by Crippen LogP contribution is -1.96. The molecular weight excluding hydrogens is 532 g/mol. The van der Waals surface area contributed by atoms with E-state index in [4.69, 9.17) is 9.97 Å². The molecule has 0 aliphatic rings. The van der Waals surface area contributed by atoms with Crippen molar-refractivity contribution in [2.75, 3.05) is 0 Å². The lowest BCUT2D eigenvalue weighted by Gasteiger charge is -2.18. The summed E-state index contributed by atoms with van der Waals surface area (Å²) in [4.78, 5) is 10.1. The van der Waals surface area contributed by atoms with E-state index >= 15 is 0 Å². The van der Waals surface area contributed by atoms with E-state index in [1.807, 2.05) is 0 Å². The molecule has 0 saturated heterocycles. The maximum atomic E-state index is 5.09. The number of benzene rings is 6. The third-order valence-corrected chi connectivity index (χ3v) is 8.95. The largest absolute Gasteiger partial charge is 0.251 e. The zero-order valence-corrected chi connectivity index (χ0v) is 25.0. The average Bonchev–Trinajstić information content (AvgIpc) is 3.10. The fraction of sp³-hybridized carbons (Fsp3) is 0.0952. The Morgan fingerprint density at radius 1 is 0.409 bits per heavy atom. The molecule has 8 aromatic rings. The molecule has 2 heterocycles. The summed E-state index contributed by atoms with van der Waals surface area (Å²) in [5.41, 5.74) is 11.6. The molecule has 0 bridgehead atoms. The van der Waals surface area contributed by atoms with Gasteiger partial charge in [0.2, 0.25) is 0 Å². The molecule has 2 nitrogen and oxygen atoms in total. The quantitative estimate of drug-likeness (QED) is 0.153. The van der Waals surface area contributed by atoms with E-state index in [1.54, 1.807) is 0 Å². The molecule has 210 valence electrons. The van der Waals surface area contributed by atoms with Gasteiger partial charge in [0.05, 0.1) is 11.0 Å². The summed E-state index contributed by atoms with van der Waals surface area (Å²) in [6.07, 6.45) is 1.78. The second-order valence-electron chi connectivity index (χ2n) is 11.5. The van der Waals surface area contributed by atoms with E-state index in [0.717, 1.165) is 46.0 Å². The van der Waals surface area contributed by atoms with Crippen LogP contribution in [0.15, 0.2) is 133 Å². The van der Waals surface area contributed by atoms with Crippen LogP contribution in [0, 0.1) is 0 Å². The maximum absolute atomic E-state index is 5.09. The van der Waals surface area contributed by atoms with Gasteiger partial charge < -0.3 is 0 Å². The summed E-state index contributed by atoms with van der Waals surface area (Å²) in [5, 5.41) is 7.36. The van der Waals surface area contributed by atoms with Crippen molar-refractivity contribution in [3.63, 3.8) is 0 Å². The van der Waals surface area contributed by atoms with Crippen LogP contribution in [0.3, 0.4) is 0 Å². The van der Waals surface area contributed by atoms with Gasteiger partial charge in [-0.3, -0.25) is 9.97 Å². The number of fused-ring (bicyclic) bond motifs is 5. The van der Waals surface area contributed by atoms with E-state index < -0.39 is 0 Å². The molecule has 0 unspecified atom stereocenters. The van der Waals surface area contributed by atoms with E-state index in [-0.39, 0.29) is 0 Å². The zero-order valence-electron chi connectivity index (χ0n) is 25.0. The van der Waals surface area contributed by atoms with Gasteiger partial charge in [-0.05, 0) is 79.9 Å². The van der Waals surface area contributed by atoms with E-state index in [9.17, 15) is 0 Å². The Hall–Kier alpha value is -5.34. The molecule has 2 heteroatoms. The lowest BCUT2D eigenvalue weighted by molar-refractivity contribution is 1.05. The first kappa shape index (κ1) is 26.3. The van der Waals surface area contributed by atoms with Gasteiger partial charge in [-0.25, -0.2) is 0 Å². The van der Waals surface area contributed by atoms with E-state index in [0.29, 0.717) is 0 Å². The molecule has 0 aliphatic heterocycles. The first-order valence-electron chi connectivity index (χ1n) is 15.6. The van der Waals surface area contributed by atoms with Crippen LogP contribution in [0.25, 0.3) is 76.7 Å². The molecule has 0 saturated carbocycles. The Morgan fingerprint density at radius 2 is 0.909 bits per heavy atom. The van der Waals surface area contributed by atoms with Gasteiger partial charge in [0, 0.05) is 22.2 Å². The van der Waals surface area contributed by atoms with Crippen molar-refractivity contribution in [3.05, 3.63) is 145 Å². The minimum atomic E-state index is 0.872. The van der Waals surface area contributed by atoms with Crippen molar-refractivity contribution in [2.45, 2.75) is 26.7 Å². The normalized spacial score (nSPS) is 11.6. The summed E-state index contributed by atoms with van der Waals surface area (Å²) in [7, 11) is 0. The number of rotatable bonds is 5. The number of pyridine rings is 2. The van der Waals surface area contributed by atoms with E-state index in [2.05, 4.69) is 147 Å². The van der Waals surface area contributed by atoms with E-state index in [1.165, 1.54) is 54.9 Å². The number of hydrogen-bond acceptors (Lipinski definition) is 2. The van der Waals surface area contributed by atoms with Crippen LogP contribution < -0.4 is 0 Å². The molecule has 0 atom stereocenters. The summed E-state index contributed by atoms with van der Waals surface area (Å²) in [6, 6.07) is 48.5. The molecule has 0 fully saturated rings. The monoisotopic (exact) mass is 564 g/mol. The highest BCUT2D eigenvalue weighted by Gasteiger charge is 2.17. The first-order chi connectivity index (χ1) is 21.7. The molecular formula is C42H32N2. The molecule has 2 aromatic heterocycles. The number of aryl methyl sites for hydroxylation is 2. The number of nitrogens with zero attached hydrogens (tertiary/aromatic N) is 2. The van der Waals surface area contributed by atoms with Gasteiger partial charge in [-0.1, -0.05) is 135 Å². The van der Waals surface area contributed by atoms with Gasteiger partial charge in [0.1, 0.15) is 0 Å². The van der Waals surface area contributed by atoms with Gasteiger partial charge in [-0.2, -0.15) is 0 Å². The molecule has 0 radical (unpaired) electrons. The van der Waals surface area contributed by atoms with Gasteiger partial charge in [0.25, 0.3) is 0 Å². The molecule has 6 aromatic carbocycles. The molecule has 0 aliphatic carbocycles.